The summed E-state index contributed by atoms with van der Waals surface area (Å²) in [6, 6.07) is 1.64. The SMILES string of the molecule is O=C(N1CCc2ncc(C(F)(F)F)cc2C1)[C@@]12CCC[C@@H]1C[C@@H](N1CCC13CCOCC3)C2. The Bertz CT molecular complexity index is 945. The van der Waals surface area contributed by atoms with Crippen LogP contribution < -0.4 is 0 Å². The maximum absolute atomic E-state index is 14.0. The van der Waals surface area contributed by atoms with Gasteiger partial charge in [0.15, 0.2) is 0 Å². The highest BCUT2D eigenvalue weighted by Gasteiger charge is 2.60. The van der Waals surface area contributed by atoms with Crippen molar-refractivity contribution >= 4 is 5.91 Å². The van der Waals surface area contributed by atoms with Gasteiger partial charge in [0.2, 0.25) is 5.91 Å². The number of carbonyl (C=O) groups is 1. The second kappa shape index (κ2) is 7.67. The molecule has 1 amide bonds. The van der Waals surface area contributed by atoms with Gasteiger partial charge in [-0.05, 0) is 62.5 Å². The third-order valence-electron chi connectivity index (χ3n) is 9.49. The van der Waals surface area contributed by atoms with Crippen LogP contribution in [0.25, 0.3) is 0 Å². The number of hydrogen-bond donors (Lipinski definition) is 0. The van der Waals surface area contributed by atoms with Gasteiger partial charge in [-0.1, -0.05) is 6.42 Å². The van der Waals surface area contributed by atoms with Crippen molar-refractivity contribution in [3.05, 3.63) is 29.1 Å². The number of likely N-dealkylation sites (tertiary alicyclic amines) is 1. The normalized spacial score (nSPS) is 33.6. The van der Waals surface area contributed by atoms with E-state index in [9.17, 15) is 18.0 Å². The lowest BCUT2D eigenvalue weighted by atomic mass is 9.75. The molecular formula is C25H32F3N3O2. The Morgan fingerprint density at radius 2 is 1.97 bits per heavy atom. The van der Waals surface area contributed by atoms with Crippen LogP contribution in [0.5, 0.6) is 0 Å². The summed E-state index contributed by atoms with van der Waals surface area (Å²) < 4.78 is 45.2. The fourth-order valence-corrected chi connectivity index (χ4v) is 7.68. The highest BCUT2D eigenvalue weighted by atomic mass is 19.4. The fourth-order valence-electron chi connectivity index (χ4n) is 7.68. The van der Waals surface area contributed by atoms with Crippen LogP contribution in [0.4, 0.5) is 13.2 Å². The summed E-state index contributed by atoms with van der Waals surface area (Å²) in [5, 5.41) is 0. The molecule has 2 saturated carbocycles. The number of rotatable bonds is 2. The van der Waals surface area contributed by atoms with E-state index in [-0.39, 0.29) is 23.4 Å². The first-order chi connectivity index (χ1) is 15.8. The summed E-state index contributed by atoms with van der Waals surface area (Å²) in [5.74, 6) is 0.575. The number of nitrogens with zero attached hydrogens (tertiary/aromatic N) is 3. The van der Waals surface area contributed by atoms with Gasteiger partial charge in [0.1, 0.15) is 0 Å². The van der Waals surface area contributed by atoms with Crippen LogP contribution in [0, 0.1) is 11.3 Å². The first kappa shape index (κ1) is 21.8. The van der Waals surface area contributed by atoms with Crippen LogP contribution >= 0.6 is 0 Å². The van der Waals surface area contributed by atoms with E-state index in [1.54, 1.807) is 0 Å². The molecule has 2 aliphatic carbocycles. The van der Waals surface area contributed by atoms with Crippen molar-refractivity contribution < 1.29 is 22.7 Å². The second-order valence-electron chi connectivity index (χ2n) is 10.9. The minimum Gasteiger partial charge on any atom is -0.381 e. The number of amides is 1. The zero-order valence-corrected chi connectivity index (χ0v) is 19.0. The molecule has 0 N–H and O–H groups in total. The fraction of sp³-hybridized carbons (Fsp3) is 0.760. The summed E-state index contributed by atoms with van der Waals surface area (Å²) in [6.07, 6.45) is 5.52. The molecule has 180 valence electrons. The molecule has 0 bridgehead atoms. The number of fused-ring (bicyclic) bond motifs is 2. The van der Waals surface area contributed by atoms with Gasteiger partial charge in [0.25, 0.3) is 0 Å². The Morgan fingerprint density at radius 3 is 2.70 bits per heavy atom. The van der Waals surface area contributed by atoms with Gasteiger partial charge in [-0.15, -0.1) is 0 Å². The van der Waals surface area contributed by atoms with Crippen LogP contribution in [0.2, 0.25) is 0 Å². The largest absolute Gasteiger partial charge is 0.417 e. The van der Waals surface area contributed by atoms with Crippen molar-refractivity contribution in [1.82, 2.24) is 14.8 Å². The molecule has 33 heavy (non-hydrogen) atoms. The number of hydrogen-bond acceptors (Lipinski definition) is 4. The highest BCUT2D eigenvalue weighted by Crippen LogP contribution is 2.58. The van der Waals surface area contributed by atoms with Crippen LogP contribution in [0.3, 0.4) is 0 Å². The average molecular weight is 464 g/mol. The summed E-state index contributed by atoms with van der Waals surface area (Å²) in [7, 11) is 0. The van der Waals surface area contributed by atoms with Crippen LogP contribution in [-0.4, -0.2) is 58.6 Å². The van der Waals surface area contributed by atoms with Gasteiger partial charge in [-0.25, -0.2) is 0 Å². The van der Waals surface area contributed by atoms with Gasteiger partial charge in [-0.3, -0.25) is 14.7 Å². The van der Waals surface area contributed by atoms with Crippen molar-refractivity contribution in [2.75, 3.05) is 26.3 Å². The number of aromatic nitrogens is 1. The maximum atomic E-state index is 14.0. The topological polar surface area (TPSA) is 45.7 Å². The molecule has 6 rings (SSSR count). The summed E-state index contributed by atoms with van der Waals surface area (Å²) in [5.41, 5.74) is 0.454. The molecule has 4 fully saturated rings. The molecule has 3 atom stereocenters. The molecule has 1 aromatic heterocycles. The van der Waals surface area contributed by atoms with E-state index >= 15 is 0 Å². The van der Waals surface area contributed by atoms with Crippen molar-refractivity contribution in [3.8, 4) is 0 Å². The van der Waals surface area contributed by atoms with Gasteiger partial charge >= 0.3 is 6.18 Å². The summed E-state index contributed by atoms with van der Waals surface area (Å²) in [4.78, 5) is 22.6. The molecule has 1 aromatic rings. The van der Waals surface area contributed by atoms with E-state index in [4.69, 9.17) is 4.74 Å². The molecule has 0 radical (unpaired) electrons. The van der Waals surface area contributed by atoms with Crippen LogP contribution in [-0.2, 0) is 28.7 Å². The Balaban J connectivity index is 1.21. The molecule has 1 spiro atoms. The molecule has 2 saturated heterocycles. The monoisotopic (exact) mass is 463 g/mol. The molecule has 4 heterocycles. The Hall–Kier alpha value is -1.67. The zero-order chi connectivity index (χ0) is 22.8. The summed E-state index contributed by atoms with van der Waals surface area (Å²) in [6.45, 7) is 3.57. The lowest BCUT2D eigenvalue weighted by Crippen LogP contribution is -2.65. The summed E-state index contributed by atoms with van der Waals surface area (Å²) >= 11 is 0. The Kier molecular flexibility index (Phi) is 5.07. The van der Waals surface area contributed by atoms with E-state index in [0.29, 0.717) is 36.2 Å². The molecule has 5 aliphatic rings. The lowest BCUT2D eigenvalue weighted by Gasteiger charge is -2.58. The number of carbonyl (C=O) groups excluding carboxylic acids is 1. The molecular weight excluding hydrogens is 431 g/mol. The quantitative estimate of drug-likeness (QED) is 0.660. The van der Waals surface area contributed by atoms with E-state index in [1.807, 2.05) is 4.90 Å². The van der Waals surface area contributed by atoms with E-state index in [2.05, 4.69) is 9.88 Å². The van der Waals surface area contributed by atoms with Crippen molar-refractivity contribution in [1.29, 1.82) is 0 Å². The third kappa shape index (κ3) is 3.42. The van der Waals surface area contributed by atoms with E-state index in [1.165, 1.54) is 12.5 Å². The molecule has 5 nitrogen and oxygen atoms in total. The third-order valence-corrected chi connectivity index (χ3v) is 9.49. The lowest BCUT2D eigenvalue weighted by molar-refractivity contribution is -0.146. The molecule has 8 heteroatoms. The van der Waals surface area contributed by atoms with Crippen molar-refractivity contribution in [3.63, 3.8) is 0 Å². The number of pyridine rings is 1. The zero-order valence-electron chi connectivity index (χ0n) is 19.0. The first-order valence-corrected chi connectivity index (χ1v) is 12.5. The first-order valence-electron chi connectivity index (χ1n) is 12.5. The highest BCUT2D eigenvalue weighted by molar-refractivity contribution is 5.84. The smallest absolute Gasteiger partial charge is 0.381 e. The minimum absolute atomic E-state index is 0.178. The van der Waals surface area contributed by atoms with Gasteiger partial charge in [0.05, 0.1) is 11.0 Å². The van der Waals surface area contributed by atoms with E-state index < -0.39 is 11.7 Å². The number of alkyl halides is 3. The predicted molar refractivity (Wildman–Crippen MR) is 115 cm³/mol. The van der Waals surface area contributed by atoms with Crippen LogP contribution in [0.15, 0.2) is 12.3 Å². The Morgan fingerprint density at radius 1 is 1.15 bits per heavy atom. The Labute approximate surface area is 192 Å². The van der Waals surface area contributed by atoms with Gasteiger partial charge < -0.3 is 9.64 Å². The van der Waals surface area contributed by atoms with Crippen LogP contribution in [0.1, 0.15) is 68.2 Å². The average Bonchev–Trinajstić information content (AvgIpc) is 3.35. The van der Waals surface area contributed by atoms with Gasteiger partial charge in [-0.2, -0.15) is 13.2 Å². The van der Waals surface area contributed by atoms with Gasteiger partial charge in [0, 0.05) is 62.7 Å². The molecule has 0 aromatic carbocycles. The van der Waals surface area contributed by atoms with Crippen molar-refractivity contribution in [2.45, 2.75) is 82.1 Å². The number of halogens is 3. The molecule has 0 unspecified atom stereocenters. The minimum atomic E-state index is -4.42. The number of ether oxygens (including phenoxy) is 1. The second-order valence-corrected chi connectivity index (χ2v) is 10.9. The van der Waals surface area contributed by atoms with E-state index in [0.717, 1.165) is 70.9 Å². The predicted octanol–water partition coefficient (Wildman–Crippen LogP) is 4.19. The standard InChI is InChI=1S/C25H32F3N3O2/c26-25(27,28)19-12-17-16-30(8-3-21(17)29-15-19)22(32)24-4-1-2-18(24)13-20(14-24)31-9-5-23(31)6-10-33-11-7-23/h12,15,18,20H,1-11,13-14,16H2/t18-,20-,24-/m1/s1. The maximum Gasteiger partial charge on any atom is 0.417 e. The van der Waals surface area contributed by atoms with Crippen molar-refractivity contribution in [2.24, 2.45) is 11.3 Å². The molecule has 3 aliphatic heterocycles.